The Labute approximate surface area is 81.5 Å². The van der Waals surface area contributed by atoms with E-state index in [1.54, 1.807) is 6.92 Å². The van der Waals surface area contributed by atoms with Gasteiger partial charge in [0.2, 0.25) is 11.7 Å². The van der Waals surface area contributed by atoms with Crippen LogP contribution in [0.1, 0.15) is 5.89 Å². The first-order valence-corrected chi connectivity index (χ1v) is 4.47. The number of rotatable bonds is 3. The maximum absolute atomic E-state index is 5.49. The first-order chi connectivity index (χ1) is 6.81. The van der Waals surface area contributed by atoms with Gasteiger partial charge in [-0.25, -0.2) is 0 Å². The van der Waals surface area contributed by atoms with Crippen molar-refractivity contribution in [2.75, 3.05) is 6.54 Å². The minimum atomic E-state index is 0.570. The van der Waals surface area contributed by atoms with Crippen LogP contribution in [0.3, 0.4) is 0 Å². The zero-order chi connectivity index (χ0) is 9.97. The van der Waals surface area contributed by atoms with Gasteiger partial charge in [-0.3, -0.25) is 0 Å². The van der Waals surface area contributed by atoms with Crippen LogP contribution < -0.4 is 5.73 Å². The van der Waals surface area contributed by atoms with Gasteiger partial charge in [0.15, 0.2) is 0 Å². The lowest BCUT2D eigenvalue weighted by molar-refractivity contribution is 0.394. The van der Waals surface area contributed by atoms with Gasteiger partial charge in [0.05, 0.1) is 5.69 Å². The van der Waals surface area contributed by atoms with Crippen molar-refractivity contribution in [1.29, 1.82) is 0 Å². The van der Waals surface area contributed by atoms with Crippen molar-refractivity contribution in [2.24, 2.45) is 5.73 Å². The quantitative estimate of drug-likeness (QED) is 0.781. The van der Waals surface area contributed by atoms with E-state index in [0.717, 1.165) is 12.2 Å². The molecule has 14 heavy (non-hydrogen) atoms. The van der Waals surface area contributed by atoms with Crippen LogP contribution in [0, 0.1) is 6.92 Å². The van der Waals surface area contributed by atoms with Gasteiger partial charge in [0.1, 0.15) is 0 Å². The minimum absolute atomic E-state index is 0.570. The summed E-state index contributed by atoms with van der Waals surface area (Å²) in [6, 6.07) is 3.89. The smallest absolute Gasteiger partial charge is 0.223 e. The first kappa shape index (κ1) is 8.96. The van der Waals surface area contributed by atoms with E-state index in [0.29, 0.717) is 18.3 Å². The Balaban J connectivity index is 2.36. The molecule has 0 amide bonds. The summed E-state index contributed by atoms with van der Waals surface area (Å²) in [4.78, 5) is 4.16. The lowest BCUT2D eigenvalue weighted by Gasteiger charge is -2.02. The molecule has 0 saturated heterocycles. The van der Waals surface area contributed by atoms with E-state index in [4.69, 9.17) is 10.3 Å². The molecule has 0 aromatic carbocycles. The molecular formula is C9H12N4O. The highest BCUT2D eigenvalue weighted by Gasteiger charge is 2.09. The van der Waals surface area contributed by atoms with E-state index in [2.05, 4.69) is 10.1 Å². The highest BCUT2D eigenvalue weighted by molar-refractivity contribution is 5.49. The Morgan fingerprint density at radius 3 is 3.07 bits per heavy atom. The molecule has 0 aliphatic carbocycles. The second-order valence-electron chi connectivity index (χ2n) is 3.01. The lowest BCUT2D eigenvalue weighted by Crippen LogP contribution is -2.10. The molecule has 2 rings (SSSR count). The fourth-order valence-electron chi connectivity index (χ4n) is 1.35. The van der Waals surface area contributed by atoms with E-state index < -0.39 is 0 Å². The summed E-state index contributed by atoms with van der Waals surface area (Å²) in [5, 5.41) is 3.85. The average Bonchev–Trinajstić information content (AvgIpc) is 2.74. The fraction of sp³-hybridized carbons (Fsp3) is 0.333. The topological polar surface area (TPSA) is 69.9 Å². The summed E-state index contributed by atoms with van der Waals surface area (Å²) in [7, 11) is 0. The second-order valence-corrected chi connectivity index (χ2v) is 3.01. The summed E-state index contributed by atoms with van der Waals surface area (Å²) in [5.41, 5.74) is 6.42. The van der Waals surface area contributed by atoms with Crippen molar-refractivity contribution in [2.45, 2.75) is 13.5 Å². The normalized spacial score (nSPS) is 10.7. The van der Waals surface area contributed by atoms with Crippen LogP contribution in [0.25, 0.3) is 11.5 Å². The Morgan fingerprint density at radius 1 is 1.57 bits per heavy atom. The zero-order valence-corrected chi connectivity index (χ0v) is 7.97. The number of nitrogens with two attached hydrogens (primary N) is 1. The molecule has 5 nitrogen and oxygen atoms in total. The molecule has 2 aromatic heterocycles. The molecule has 0 aliphatic rings. The molecule has 0 atom stereocenters. The third-order valence-electron chi connectivity index (χ3n) is 1.96. The SMILES string of the molecule is Cc1nc(-c2cccn2CCN)no1. The van der Waals surface area contributed by atoms with Gasteiger partial charge in [-0.15, -0.1) is 0 Å². The van der Waals surface area contributed by atoms with Crippen LogP contribution in [-0.4, -0.2) is 21.3 Å². The predicted octanol–water partition coefficient (Wildman–Crippen LogP) is 0.805. The second kappa shape index (κ2) is 3.63. The largest absolute Gasteiger partial charge is 0.344 e. The fourth-order valence-corrected chi connectivity index (χ4v) is 1.35. The van der Waals surface area contributed by atoms with E-state index in [9.17, 15) is 0 Å². The monoisotopic (exact) mass is 192 g/mol. The van der Waals surface area contributed by atoms with Gasteiger partial charge < -0.3 is 14.8 Å². The van der Waals surface area contributed by atoms with Crippen LogP contribution in [-0.2, 0) is 6.54 Å². The molecule has 0 fully saturated rings. The first-order valence-electron chi connectivity index (χ1n) is 4.47. The van der Waals surface area contributed by atoms with Gasteiger partial charge in [0, 0.05) is 26.2 Å². The summed E-state index contributed by atoms with van der Waals surface area (Å²) >= 11 is 0. The molecule has 2 aromatic rings. The molecule has 2 heterocycles. The van der Waals surface area contributed by atoms with Crippen molar-refractivity contribution < 1.29 is 4.52 Å². The van der Waals surface area contributed by atoms with Crippen LogP contribution in [0.5, 0.6) is 0 Å². The average molecular weight is 192 g/mol. The number of nitrogens with zero attached hydrogens (tertiary/aromatic N) is 3. The summed E-state index contributed by atoms with van der Waals surface area (Å²) in [6.07, 6.45) is 1.95. The van der Waals surface area contributed by atoms with Gasteiger partial charge in [-0.1, -0.05) is 5.16 Å². The third kappa shape index (κ3) is 1.54. The molecular weight excluding hydrogens is 180 g/mol. The highest BCUT2D eigenvalue weighted by atomic mass is 16.5. The highest BCUT2D eigenvalue weighted by Crippen LogP contribution is 2.15. The van der Waals surface area contributed by atoms with Gasteiger partial charge in [-0.2, -0.15) is 4.98 Å². The molecule has 5 heteroatoms. The maximum atomic E-state index is 5.49. The Morgan fingerprint density at radius 2 is 2.43 bits per heavy atom. The molecule has 0 bridgehead atoms. The summed E-state index contributed by atoms with van der Waals surface area (Å²) in [5.74, 6) is 1.18. The van der Waals surface area contributed by atoms with Crippen molar-refractivity contribution in [3.8, 4) is 11.5 Å². The molecule has 0 saturated carbocycles. The maximum Gasteiger partial charge on any atom is 0.223 e. The standard InChI is InChI=1S/C9H12N4O/c1-7-11-9(12-14-7)8-3-2-5-13(8)6-4-10/h2-3,5H,4,6,10H2,1H3. The molecule has 2 N–H and O–H groups in total. The van der Waals surface area contributed by atoms with E-state index in [1.807, 2.05) is 22.9 Å². The molecule has 0 aliphatic heterocycles. The number of aromatic nitrogens is 3. The Bertz CT molecular complexity index is 418. The van der Waals surface area contributed by atoms with Gasteiger partial charge in [0.25, 0.3) is 0 Å². The summed E-state index contributed by atoms with van der Waals surface area (Å²) < 4.78 is 6.92. The van der Waals surface area contributed by atoms with Crippen LogP contribution in [0.4, 0.5) is 0 Å². The zero-order valence-electron chi connectivity index (χ0n) is 7.97. The van der Waals surface area contributed by atoms with Crippen molar-refractivity contribution in [3.63, 3.8) is 0 Å². The number of aryl methyl sites for hydroxylation is 1. The van der Waals surface area contributed by atoms with Gasteiger partial charge >= 0.3 is 0 Å². The third-order valence-corrected chi connectivity index (χ3v) is 1.96. The minimum Gasteiger partial charge on any atom is -0.344 e. The van der Waals surface area contributed by atoms with Crippen molar-refractivity contribution in [3.05, 3.63) is 24.2 Å². The Hall–Kier alpha value is -1.62. The van der Waals surface area contributed by atoms with E-state index >= 15 is 0 Å². The van der Waals surface area contributed by atoms with E-state index in [1.165, 1.54) is 0 Å². The molecule has 0 radical (unpaired) electrons. The van der Waals surface area contributed by atoms with Crippen LogP contribution >= 0.6 is 0 Å². The Kier molecular flexibility index (Phi) is 2.32. The molecule has 0 unspecified atom stereocenters. The molecule has 0 spiro atoms. The predicted molar refractivity (Wildman–Crippen MR) is 51.5 cm³/mol. The number of hydrogen-bond donors (Lipinski definition) is 1. The lowest BCUT2D eigenvalue weighted by atomic mass is 10.4. The number of hydrogen-bond acceptors (Lipinski definition) is 4. The van der Waals surface area contributed by atoms with Crippen LogP contribution in [0.2, 0.25) is 0 Å². The van der Waals surface area contributed by atoms with Gasteiger partial charge in [-0.05, 0) is 12.1 Å². The van der Waals surface area contributed by atoms with Crippen LogP contribution in [0.15, 0.2) is 22.9 Å². The van der Waals surface area contributed by atoms with E-state index in [-0.39, 0.29) is 0 Å². The van der Waals surface area contributed by atoms with Crippen molar-refractivity contribution >= 4 is 0 Å². The van der Waals surface area contributed by atoms with Crippen molar-refractivity contribution in [1.82, 2.24) is 14.7 Å². The summed E-state index contributed by atoms with van der Waals surface area (Å²) in [6.45, 7) is 3.13. The molecule has 74 valence electrons.